The lowest BCUT2D eigenvalue weighted by Gasteiger charge is -2.31. The molecular formula is C27H35N3O5S. The van der Waals surface area contributed by atoms with Gasteiger partial charge >= 0.3 is 0 Å². The number of rotatable bonds is 11. The van der Waals surface area contributed by atoms with Gasteiger partial charge in [-0.05, 0) is 50.8 Å². The zero-order valence-corrected chi connectivity index (χ0v) is 22.2. The molecule has 0 bridgehead atoms. The van der Waals surface area contributed by atoms with Gasteiger partial charge in [-0.1, -0.05) is 55.8 Å². The number of hydrogen-bond acceptors (Lipinski definition) is 5. The summed E-state index contributed by atoms with van der Waals surface area (Å²) in [6.45, 7) is 7.89. The minimum absolute atomic E-state index is 0.00448. The standard InChI is InChI=1S/C27H35N3O5S/c1-5-20(4)28-26(32)23(6-2)29(18-21-12-9-11-19(3)17-21)25(31)15-10-16-30-27(33)22-13-7-8-14-24(22)36(30,34)35/h7-9,11-14,17,20,23H,5-6,10,15-16,18H2,1-4H3,(H,28,32)/t20-,23+/m0/s1. The molecule has 0 radical (unpaired) electrons. The Morgan fingerprint density at radius 1 is 1.06 bits per heavy atom. The van der Waals surface area contributed by atoms with Crippen molar-refractivity contribution in [1.82, 2.24) is 14.5 Å². The number of nitrogens with one attached hydrogen (secondary N) is 1. The molecule has 1 aliphatic rings. The van der Waals surface area contributed by atoms with Crippen molar-refractivity contribution < 1.29 is 22.8 Å². The van der Waals surface area contributed by atoms with Gasteiger partial charge in [-0.15, -0.1) is 0 Å². The third-order valence-electron chi connectivity index (χ3n) is 6.49. The van der Waals surface area contributed by atoms with E-state index in [0.717, 1.165) is 21.9 Å². The second-order valence-corrected chi connectivity index (χ2v) is 11.1. The highest BCUT2D eigenvalue weighted by molar-refractivity contribution is 7.90. The van der Waals surface area contributed by atoms with E-state index in [-0.39, 0.29) is 54.2 Å². The molecule has 36 heavy (non-hydrogen) atoms. The quantitative estimate of drug-likeness (QED) is 0.494. The summed E-state index contributed by atoms with van der Waals surface area (Å²) in [7, 11) is -3.92. The van der Waals surface area contributed by atoms with Gasteiger partial charge in [0.1, 0.15) is 10.9 Å². The number of amides is 3. The van der Waals surface area contributed by atoms with E-state index < -0.39 is 22.0 Å². The third kappa shape index (κ3) is 5.95. The van der Waals surface area contributed by atoms with Crippen molar-refractivity contribution in [3.8, 4) is 0 Å². The lowest BCUT2D eigenvalue weighted by Crippen LogP contribution is -2.50. The fraction of sp³-hybridized carbons (Fsp3) is 0.444. The predicted octanol–water partition coefficient (Wildman–Crippen LogP) is 3.64. The second-order valence-electron chi connectivity index (χ2n) is 9.23. The highest BCUT2D eigenvalue weighted by Crippen LogP contribution is 2.30. The van der Waals surface area contributed by atoms with Crippen LogP contribution >= 0.6 is 0 Å². The second kappa shape index (κ2) is 11.7. The molecule has 9 heteroatoms. The van der Waals surface area contributed by atoms with Crippen LogP contribution in [0.5, 0.6) is 0 Å². The molecule has 1 aliphatic heterocycles. The normalized spacial score (nSPS) is 15.8. The minimum Gasteiger partial charge on any atom is -0.352 e. The molecular weight excluding hydrogens is 478 g/mol. The Morgan fingerprint density at radius 3 is 2.42 bits per heavy atom. The number of aryl methyl sites for hydroxylation is 1. The van der Waals surface area contributed by atoms with Crippen LogP contribution in [0.15, 0.2) is 53.4 Å². The van der Waals surface area contributed by atoms with E-state index >= 15 is 0 Å². The van der Waals surface area contributed by atoms with E-state index in [1.165, 1.54) is 12.1 Å². The van der Waals surface area contributed by atoms with Crippen molar-refractivity contribution in [3.63, 3.8) is 0 Å². The first-order chi connectivity index (χ1) is 17.1. The van der Waals surface area contributed by atoms with Crippen LogP contribution in [-0.2, 0) is 26.2 Å². The summed E-state index contributed by atoms with van der Waals surface area (Å²) in [6.07, 6.45) is 1.38. The largest absolute Gasteiger partial charge is 0.352 e. The number of carbonyl (C=O) groups excluding carboxylic acids is 3. The summed E-state index contributed by atoms with van der Waals surface area (Å²) in [6, 6.07) is 13.2. The monoisotopic (exact) mass is 513 g/mol. The van der Waals surface area contributed by atoms with Gasteiger partial charge in [-0.3, -0.25) is 14.4 Å². The van der Waals surface area contributed by atoms with Crippen molar-refractivity contribution in [2.75, 3.05) is 6.54 Å². The van der Waals surface area contributed by atoms with Gasteiger partial charge in [-0.2, -0.15) is 0 Å². The predicted molar refractivity (Wildman–Crippen MR) is 138 cm³/mol. The molecule has 1 N–H and O–H groups in total. The van der Waals surface area contributed by atoms with E-state index in [1.54, 1.807) is 17.0 Å². The summed E-state index contributed by atoms with van der Waals surface area (Å²) < 4.78 is 26.5. The maximum Gasteiger partial charge on any atom is 0.269 e. The van der Waals surface area contributed by atoms with Crippen LogP contribution in [0.1, 0.15) is 67.9 Å². The van der Waals surface area contributed by atoms with Crippen molar-refractivity contribution >= 4 is 27.7 Å². The van der Waals surface area contributed by atoms with Crippen LogP contribution in [0.4, 0.5) is 0 Å². The smallest absolute Gasteiger partial charge is 0.269 e. The van der Waals surface area contributed by atoms with Crippen LogP contribution < -0.4 is 5.32 Å². The van der Waals surface area contributed by atoms with Crippen LogP contribution in [0.3, 0.4) is 0 Å². The first kappa shape index (κ1) is 27.4. The molecule has 2 atom stereocenters. The maximum absolute atomic E-state index is 13.4. The van der Waals surface area contributed by atoms with Gasteiger partial charge in [0, 0.05) is 25.6 Å². The van der Waals surface area contributed by atoms with Gasteiger partial charge < -0.3 is 10.2 Å². The average Bonchev–Trinajstić information content (AvgIpc) is 3.04. The Morgan fingerprint density at radius 2 is 1.78 bits per heavy atom. The molecule has 8 nitrogen and oxygen atoms in total. The van der Waals surface area contributed by atoms with Gasteiger partial charge in [-0.25, -0.2) is 12.7 Å². The van der Waals surface area contributed by atoms with Crippen molar-refractivity contribution in [2.24, 2.45) is 0 Å². The number of carbonyl (C=O) groups is 3. The van der Waals surface area contributed by atoms with E-state index in [0.29, 0.717) is 6.42 Å². The van der Waals surface area contributed by atoms with Gasteiger partial charge in [0.15, 0.2) is 0 Å². The fourth-order valence-corrected chi connectivity index (χ4v) is 5.94. The summed E-state index contributed by atoms with van der Waals surface area (Å²) in [5.41, 5.74) is 2.11. The van der Waals surface area contributed by atoms with Gasteiger partial charge in [0.25, 0.3) is 15.9 Å². The summed E-state index contributed by atoms with van der Waals surface area (Å²) in [4.78, 5) is 40.7. The molecule has 3 rings (SSSR count). The van der Waals surface area contributed by atoms with Crippen molar-refractivity contribution in [2.45, 2.75) is 76.9 Å². The molecule has 0 aromatic heterocycles. The number of sulfonamides is 1. The van der Waals surface area contributed by atoms with Gasteiger partial charge in [0.05, 0.1) is 5.56 Å². The Kier molecular flexibility index (Phi) is 8.89. The topological polar surface area (TPSA) is 104 Å². The van der Waals surface area contributed by atoms with Crippen molar-refractivity contribution in [1.29, 1.82) is 0 Å². The zero-order valence-electron chi connectivity index (χ0n) is 21.4. The van der Waals surface area contributed by atoms with Crippen LogP contribution in [0.2, 0.25) is 0 Å². The van der Waals surface area contributed by atoms with Crippen LogP contribution in [0.25, 0.3) is 0 Å². The lowest BCUT2D eigenvalue weighted by molar-refractivity contribution is -0.141. The number of benzene rings is 2. The minimum atomic E-state index is -3.92. The Bertz CT molecular complexity index is 1230. The molecule has 0 unspecified atom stereocenters. The van der Waals surface area contributed by atoms with E-state index in [2.05, 4.69) is 5.32 Å². The van der Waals surface area contributed by atoms with Crippen molar-refractivity contribution in [3.05, 3.63) is 65.2 Å². The van der Waals surface area contributed by atoms with Crippen LogP contribution in [0, 0.1) is 6.92 Å². The summed E-state index contributed by atoms with van der Waals surface area (Å²) >= 11 is 0. The highest BCUT2D eigenvalue weighted by Gasteiger charge is 2.40. The number of nitrogens with zero attached hydrogens (tertiary/aromatic N) is 2. The fourth-order valence-electron chi connectivity index (χ4n) is 4.34. The zero-order chi connectivity index (χ0) is 26.5. The van der Waals surface area contributed by atoms with E-state index in [1.807, 2.05) is 52.0 Å². The first-order valence-corrected chi connectivity index (χ1v) is 13.9. The Balaban J connectivity index is 1.75. The highest BCUT2D eigenvalue weighted by atomic mass is 32.2. The number of fused-ring (bicyclic) bond motifs is 1. The molecule has 0 saturated heterocycles. The molecule has 3 amide bonds. The summed E-state index contributed by atoms with van der Waals surface area (Å²) in [5, 5.41) is 2.98. The SMILES string of the molecule is CC[C@H](C(=O)N[C@@H](C)CC)N(Cc1cccc(C)c1)C(=O)CCCN1C(=O)c2ccccc2S1(=O)=O. The number of hydrogen-bond donors (Lipinski definition) is 1. The Hall–Kier alpha value is -3.20. The summed E-state index contributed by atoms with van der Waals surface area (Å²) in [5.74, 6) is -1.04. The molecule has 0 spiro atoms. The van der Waals surface area contributed by atoms with E-state index in [9.17, 15) is 22.8 Å². The first-order valence-electron chi connectivity index (χ1n) is 12.4. The van der Waals surface area contributed by atoms with E-state index in [4.69, 9.17) is 0 Å². The molecule has 0 fully saturated rings. The average molecular weight is 514 g/mol. The molecule has 2 aromatic rings. The van der Waals surface area contributed by atoms with Gasteiger partial charge in [0.2, 0.25) is 11.8 Å². The Labute approximate surface area is 213 Å². The lowest BCUT2D eigenvalue weighted by atomic mass is 10.1. The third-order valence-corrected chi connectivity index (χ3v) is 8.33. The molecule has 2 aromatic carbocycles. The molecule has 0 aliphatic carbocycles. The molecule has 1 heterocycles. The maximum atomic E-state index is 13.4. The molecule has 194 valence electrons. The molecule has 0 saturated carbocycles. The van der Waals surface area contributed by atoms with Crippen LogP contribution in [-0.4, -0.2) is 54.0 Å².